The summed E-state index contributed by atoms with van der Waals surface area (Å²) in [5, 5.41) is 20.0. The van der Waals surface area contributed by atoms with Crippen molar-refractivity contribution >= 4 is 11.9 Å². The average Bonchev–Trinajstić information content (AvgIpc) is 3.04. The van der Waals surface area contributed by atoms with E-state index in [1.165, 1.54) is 19.2 Å². The Kier molecular flexibility index (Phi) is 4.15. The zero-order valence-electron chi connectivity index (χ0n) is 14.7. The SMILES string of the molecule is COC1=C2C(=O)N(Cc3ccc(F)cc3)CC3CCC(=C(C(=O)O)C1O)N23. The minimum atomic E-state index is -1.48. The molecule has 1 aromatic rings. The fourth-order valence-corrected chi connectivity index (χ4v) is 4.16. The average molecular weight is 374 g/mol. The maximum absolute atomic E-state index is 13.1. The summed E-state index contributed by atoms with van der Waals surface area (Å²) < 4.78 is 18.4. The summed E-state index contributed by atoms with van der Waals surface area (Å²) in [5.41, 5.74) is 1.33. The molecular weight excluding hydrogens is 355 g/mol. The molecule has 3 aliphatic heterocycles. The molecule has 27 heavy (non-hydrogen) atoms. The monoisotopic (exact) mass is 374 g/mol. The van der Waals surface area contributed by atoms with Crippen molar-refractivity contribution in [2.75, 3.05) is 13.7 Å². The van der Waals surface area contributed by atoms with Gasteiger partial charge in [-0.15, -0.1) is 0 Å². The van der Waals surface area contributed by atoms with E-state index in [1.54, 1.807) is 21.9 Å². The summed E-state index contributed by atoms with van der Waals surface area (Å²) >= 11 is 0. The van der Waals surface area contributed by atoms with Gasteiger partial charge in [0.05, 0.1) is 18.7 Å². The zero-order chi connectivity index (χ0) is 19.3. The number of nitrogens with zero attached hydrogens (tertiary/aromatic N) is 2. The molecule has 3 aliphatic rings. The molecule has 2 N–H and O–H groups in total. The number of piperazine rings is 1. The molecular formula is C19H19FN2O5. The number of halogens is 1. The second-order valence-corrected chi connectivity index (χ2v) is 6.86. The fraction of sp³-hybridized carbons (Fsp3) is 0.368. The van der Waals surface area contributed by atoms with Gasteiger partial charge in [0.25, 0.3) is 5.91 Å². The van der Waals surface area contributed by atoms with Gasteiger partial charge in [-0.3, -0.25) is 4.79 Å². The van der Waals surface area contributed by atoms with Crippen molar-refractivity contribution in [2.45, 2.75) is 31.5 Å². The summed E-state index contributed by atoms with van der Waals surface area (Å²) in [4.78, 5) is 28.1. The van der Waals surface area contributed by atoms with E-state index in [0.717, 1.165) is 5.56 Å². The topological polar surface area (TPSA) is 90.3 Å². The molecule has 8 heteroatoms. The van der Waals surface area contributed by atoms with Crippen LogP contribution in [0.3, 0.4) is 0 Å². The van der Waals surface area contributed by atoms with Crippen LogP contribution < -0.4 is 0 Å². The number of carboxylic acids is 1. The largest absolute Gasteiger partial charge is 0.496 e. The van der Waals surface area contributed by atoms with Gasteiger partial charge in [0.1, 0.15) is 17.6 Å². The lowest BCUT2D eigenvalue weighted by Crippen LogP contribution is -2.54. The Balaban J connectivity index is 1.73. The molecule has 1 amide bonds. The van der Waals surface area contributed by atoms with Crippen LogP contribution in [0.4, 0.5) is 4.39 Å². The normalized spacial score (nSPS) is 24.5. The molecule has 1 aromatic carbocycles. The molecule has 2 saturated heterocycles. The highest BCUT2D eigenvalue weighted by Crippen LogP contribution is 2.44. The van der Waals surface area contributed by atoms with Crippen molar-refractivity contribution < 1.29 is 28.9 Å². The number of rotatable bonds is 4. The number of carboxylic acid groups (broad SMARTS) is 1. The lowest BCUT2D eigenvalue weighted by molar-refractivity contribution is -0.136. The van der Waals surface area contributed by atoms with E-state index in [4.69, 9.17) is 4.74 Å². The Bertz CT molecular complexity index is 877. The third-order valence-electron chi connectivity index (χ3n) is 5.34. The Hall–Kier alpha value is -2.87. The van der Waals surface area contributed by atoms with E-state index in [2.05, 4.69) is 0 Å². The first-order valence-corrected chi connectivity index (χ1v) is 8.68. The highest BCUT2D eigenvalue weighted by Gasteiger charge is 2.50. The Morgan fingerprint density at radius 2 is 2.04 bits per heavy atom. The molecule has 0 aromatic heterocycles. The number of aliphatic hydroxyl groups is 1. The number of aliphatic carboxylic acids is 1. The number of allylic oxidation sites excluding steroid dienone is 1. The third-order valence-corrected chi connectivity index (χ3v) is 5.34. The van der Waals surface area contributed by atoms with Crippen LogP contribution in [-0.2, 0) is 20.9 Å². The number of benzene rings is 1. The first-order valence-electron chi connectivity index (χ1n) is 8.68. The molecule has 2 fully saturated rings. The predicted molar refractivity (Wildman–Crippen MR) is 91.4 cm³/mol. The number of hydrogen-bond acceptors (Lipinski definition) is 5. The van der Waals surface area contributed by atoms with Crippen molar-refractivity contribution in [1.29, 1.82) is 0 Å². The van der Waals surface area contributed by atoms with Crippen molar-refractivity contribution in [2.24, 2.45) is 0 Å². The summed E-state index contributed by atoms with van der Waals surface area (Å²) in [7, 11) is 1.31. The molecule has 7 nitrogen and oxygen atoms in total. The van der Waals surface area contributed by atoms with Crippen LogP contribution in [0.2, 0.25) is 0 Å². The minimum Gasteiger partial charge on any atom is -0.496 e. The molecule has 0 spiro atoms. The van der Waals surface area contributed by atoms with Crippen LogP contribution in [0.1, 0.15) is 18.4 Å². The van der Waals surface area contributed by atoms with E-state index in [1.807, 2.05) is 0 Å². The number of hydrogen-bond donors (Lipinski definition) is 2. The van der Waals surface area contributed by atoms with Gasteiger partial charge in [0.2, 0.25) is 0 Å². The predicted octanol–water partition coefficient (Wildman–Crippen LogP) is 1.20. The highest BCUT2D eigenvalue weighted by atomic mass is 19.1. The van der Waals surface area contributed by atoms with Crippen LogP contribution in [0.25, 0.3) is 0 Å². The second kappa shape index (κ2) is 6.38. The lowest BCUT2D eigenvalue weighted by Gasteiger charge is -2.43. The van der Waals surface area contributed by atoms with Gasteiger partial charge in [0.15, 0.2) is 5.76 Å². The number of carbonyl (C=O) groups is 2. The molecule has 2 atom stereocenters. The van der Waals surface area contributed by atoms with Crippen molar-refractivity contribution in [1.82, 2.24) is 9.80 Å². The van der Waals surface area contributed by atoms with Crippen molar-refractivity contribution in [3.8, 4) is 0 Å². The van der Waals surface area contributed by atoms with Crippen LogP contribution in [-0.4, -0.2) is 57.7 Å². The standard InChI is InChI=1S/C19H19FN2O5/c1-27-17-15-18(24)21(8-10-2-4-11(20)5-3-10)9-12-6-7-13(22(12)15)14(16(17)23)19(25)26/h2-5,12,16,23H,6-9H2,1H3,(H,25,26). The molecule has 0 radical (unpaired) electrons. The summed E-state index contributed by atoms with van der Waals surface area (Å²) in [6.07, 6.45) is -0.337. The number of methoxy groups -OCH3 is 1. The quantitative estimate of drug-likeness (QED) is 0.823. The van der Waals surface area contributed by atoms with E-state index >= 15 is 0 Å². The Morgan fingerprint density at radius 3 is 2.67 bits per heavy atom. The number of ether oxygens (including phenoxy) is 1. The fourth-order valence-electron chi connectivity index (χ4n) is 4.16. The van der Waals surface area contributed by atoms with E-state index in [-0.39, 0.29) is 34.8 Å². The first-order chi connectivity index (χ1) is 12.9. The van der Waals surface area contributed by atoms with E-state index < -0.39 is 12.1 Å². The van der Waals surface area contributed by atoms with E-state index in [9.17, 15) is 24.2 Å². The molecule has 0 bridgehead atoms. The van der Waals surface area contributed by atoms with Crippen molar-refractivity contribution in [3.05, 3.63) is 58.4 Å². The smallest absolute Gasteiger partial charge is 0.336 e. The van der Waals surface area contributed by atoms with Gasteiger partial charge in [-0.2, -0.15) is 0 Å². The summed E-state index contributed by atoms with van der Waals surface area (Å²) in [6, 6.07) is 5.85. The zero-order valence-corrected chi connectivity index (χ0v) is 14.7. The third kappa shape index (κ3) is 2.68. The van der Waals surface area contributed by atoms with Crippen LogP contribution in [0.5, 0.6) is 0 Å². The van der Waals surface area contributed by atoms with Crippen LogP contribution >= 0.6 is 0 Å². The van der Waals surface area contributed by atoms with Gasteiger partial charge in [-0.25, -0.2) is 9.18 Å². The molecule has 0 aliphatic carbocycles. The lowest BCUT2D eigenvalue weighted by atomic mass is 9.97. The van der Waals surface area contributed by atoms with Gasteiger partial charge < -0.3 is 24.7 Å². The van der Waals surface area contributed by atoms with Gasteiger partial charge in [-0.05, 0) is 30.5 Å². The molecule has 142 valence electrons. The highest BCUT2D eigenvalue weighted by molar-refractivity contribution is 5.98. The molecule has 3 heterocycles. The van der Waals surface area contributed by atoms with Crippen LogP contribution in [0, 0.1) is 5.82 Å². The van der Waals surface area contributed by atoms with Crippen molar-refractivity contribution in [3.63, 3.8) is 0 Å². The number of aliphatic hydroxyl groups excluding tert-OH is 1. The Labute approximate surface area is 154 Å². The van der Waals surface area contributed by atoms with Gasteiger partial charge in [-0.1, -0.05) is 12.1 Å². The van der Waals surface area contributed by atoms with Gasteiger partial charge in [0, 0.05) is 18.8 Å². The second-order valence-electron chi connectivity index (χ2n) is 6.86. The number of carbonyl (C=O) groups excluding carboxylic acids is 1. The number of amides is 1. The molecule has 2 unspecified atom stereocenters. The van der Waals surface area contributed by atoms with Gasteiger partial charge >= 0.3 is 5.97 Å². The van der Waals surface area contributed by atoms with E-state index in [0.29, 0.717) is 31.6 Å². The minimum absolute atomic E-state index is 0.0446. The van der Waals surface area contributed by atoms with Crippen LogP contribution in [0.15, 0.2) is 47.0 Å². The Morgan fingerprint density at radius 1 is 1.33 bits per heavy atom. The maximum atomic E-state index is 13.1. The molecule has 4 rings (SSSR count). The first kappa shape index (κ1) is 17.5. The summed E-state index contributed by atoms with van der Waals surface area (Å²) in [6.45, 7) is 0.716. The molecule has 0 saturated carbocycles. The summed E-state index contributed by atoms with van der Waals surface area (Å²) in [5.74, 6) is -1.94. The maximum Gasteiger partial charge on any atom is 0.336 e.